The van der Waals surface area contributed by atoms with Gasteiger partial charge in [-0.1, -0.05) is 25.7 Å². The maximum atomic E-state index is 6.13. The highest BCUT2D eigenvalue weighted by molar-refractivity contribution is 5.70. The number of fused-ring (bicyclic) bond motifs is 1. The minimum absolute atomic E-state index is 0.0987. The number of hydrogen-bond donors (Lipinski definition) is 1. The van der Waals surface area contributed by atoms with E-state index in [0.29, 0.717) is 37.8 Å². The van der Waals surface area contributed by atoms with Gasteiger partial charge in [-0.15, -0.1) is 0 Å². The lowest BCUT2D eigenvalue weighted by atomic mass is 10.3. The second kappa shape index (κ2) is 8.95. The minimum atomic E-state index is -0.0987. The maximum Gasteiger partial charge on any atom is 0.222 e. The quantitative estimate of drug-likeness (QED) is 0.719. The molecule has 2 aromatic heterocycles. The summed E-state index contributed by atoms with van der Waals surface area (Å²) in [5, 5.41) is 0. The topological polar surface area (TPSA) is 97.3 Å². The van der Waals surface area contributed by atoms with E-state index in [1.165, 1.54) is 25.7 Å². The summed E-state index contributed by atoms with van der Waals surface area (Å²) >= 11 is 0. The molecule has 2 fully saturated rings. The molecule has 0 radical (unpaired) electrons. The first-order valence-corrected chi connectivity index (χ1v) is 10.1. The zero-order valence-electron chi connectivity index (χ0n) is 15.8. The molecule has 4 rings (SSSR count). The monoisotopic (exact) mass is 375 g/mol. The number of imidazole rings is 1. The third kappa shape index (κ3) is 4.94. The molecule has 2 saturated carbocycles. The normalized spacial score (nSPS) is 19.0. The van der Waals surface area contributed by atoms with Crippen LogP contribution in [0.4, 0.5) is 5.95 Å². The van der Waals surface area contributed by atoms with E-state index in [4.69, 9.17) is 19.9 Å². The van der Waals surface area contributed by atoms with Crippen molar-refractivity contribution in [3.63, 3.8) is 0 Å². The van der Waals surface area contributed by atoms with Crippen LogP contribution in [0.25, 0.3) is 11.2 Å². The summed E-state index contributed by atoms with van der Waals surface area (Å²) in [7, 11) is 0. The van der Waals surface area contributed by atoms with Gasteiger partial charge in [0.15, 0.2) is 5.65 Å². The van der Waals surface area contributed by atoms with Crippen LogP contribution in [0.15, 0.2) is 12.5 Å². The first-order valence-electron chi connectivity index (χ1n) is 10.1. The van der Waals surface area contributed by atoms with Gasteiger partial charge in [0.2, 0.25) is 5.95 Å². The van der Waals surface area contributed by atoms with Crippen LogP contribution in [0.5, 0.6) is 0 Å². The summed E-state index contributed by atoms with van der Waals surface area (Å²) in [6.07, 6.45) is 13.7. The predicted molar refractivity (Wildman–Crippen MR) is 101 cm³/mol. The molecule has 0 atom stereocenters. The van der Waals surface area contributed by atoms with Gasteiger partial charge in [0, 0.05) is 0 Å². The van der Waals surface area contributed by atoms with Crippen LogP contribution in [0.1, 0.15) is 51.4 Å². The summed E-state index contributed by atoms with van der Waals surface area (Å²) in [4.78, 5) is 12.4. The van der Waals surface area contributed by atoms with E-state index in [-0.39, 0.29) is 12.1 Å². The van der Waals surface area contributed by atoms with Crippen molar-refractivity contribution in [2.24, 2.45) is 0 Å². The molecule has 148 valence electrons. The van der Waals surface area contributed by atoms with Crippen molar-refractivity contribution in [3.8, 4) is 0 Å². The number of ether oxygens (including phenoxy) is 3. The van der Waals surface area contributed by atoms with E-state index < -0.39 is 0 Å². The van der Waals surface area contributed by atoms with Crippen LogP contribution in [0.2, 0.25) is 0 Å². The van der Waals surface area contributed by atoms with E-state index in [0.717, 1.165) is 31.2 Å². The molecule has 2 aliphatic rings. The van der Waals surface area contributed by atoms with Gasteiger partial charge in [-0.25, -0.2) is 9.97 Å². The van der Waals surface area contributed by atoms with Crippen molar-refractivity contribution < 1.29 is 14.2 Å². The molecule has 0 amide bonds. The molecule has 0 aromatic carbocycles. The Morgan fingerprint density at radius 3 is 2.26 bits per heavy atom. The minimum Gasteiger partial charge on any atom is -0.375 e. The Labute approximate surface area is 159 Å². The van der Waals surface area contributed by atoms with Gasteiger partial charge >= 0.3 is 0 Å². The largest absolute Gasteiger partial charge is 0.375 e. The Morgan fingerprint density at radius 2 is 1.63 bits per heavy atom. The van der Waals surface area contributed by atoms with Gasteiger partial charge in [-0.2, -0.15) is 4.98 Å². The van der Waals surface area contributed by atoms with Gasteiger partial charge in [-0.3, -0.25) is 0 Å². The van der Waals surface area contributed by atoms with Crippen molar-refractivity contribution in [1.29, 1.82) is 0 Å². The zero-order valence-corrected chi connectivity index (χ0v) is 15.8. The molecule has 2 aromatic rings. The second-order valence-corrected chi connectivity index (χ2v) is 7.55. The molecular weight excluding hydrogens is 346 g/mol. The fourth-order valence-electron chi connectivity index (χ4n) is 3.89. The lowest BCUT2D eigenvalue weighted by Crippen LogP contribution is -2.30. The molecule has 0 saturated heterocycles. The van der Waals surface area contributed by atoms with Gasteiger partial charge in [0.05, 0.1) is 37.9 Å². The molecule has 2 aliphatic carbocycles. The molecule has 0 spiro atoms. The van der Waals surface area contributed by atoms with Crippen molar-refractivity contribution in [2.45, 2.75) is 76.4 Å². The lowest BCUT2D eigenvalue weighted by molar-refractivity contribution is -0.105. The van der Waals surface area contributed by atoms with E-state index >= 15 is 0 Å². The van der Waals surface area contributed by atoms with Crippen LogP contribution in [-0.2, 0) is 20.9 Å². The van der Waals surface area contributed by atoms with Crippen LogP contribution in [-0.4, -0.2) is 51.0 Å². The van der Waals surface area contributed by atoms with E-state index in [1.54, 1.807) is 12.5 Å². The Balaban J connectivity index is 1.34. The number of anilines is 1. The van der Waals surface area contributed by atoms with Crippen molar-refractivity contribution >= 4 is 17.1 Å². The summed E-state index contributed by atoms with van der Waals surface area (Å²) in [6, 6.07) is 0. The standard InChI is InChI=1S/C19H29N5O3/c20-19-21-9-17-18(23-19)22-12-24(17)13-27-16(10-25-14-5-1-2-6-14)11-26-15-7-3-4-8-15/h9,12,14-16H,1-8,10-11,13H2,(H2,20,21,23). The van der Waals surface area contributed by atoms with E-state index in [9.17, 15) is 0 Å². The highest BCUT2D eigenvalue weighted by atomic mass is 16.6. The highest BCUT2D eigenvalue weighted by Crippen LogP contribution is 2.23. The van der Waals surface area contributed by atoms with Crippen LogP contribution < -0.4 is 5.73 Å². The van der Waals surface area contributed by atoms with Gasteiger partial charge in [0.1, 0.15) is 18.4 Å². The molecule has 0 aliphatic heterocycles. The maximum absolute atomic E-state index is 6.13. The lowest BCUT2D eigenvalue weighted by Gasteiger charge is -2.22. The van der Waals surface area contributed by atoms with Gasteiger partial charge < -0.3 is 24.5 Å². The Hall–Kier alpha value is -1.77. The van der Waals surface area contributed by atoms with Gasteiger partial charge in [0.25, 0.3) is 0 Å². The SMILES string of the molecule is Nc1ncc2c(ncn2COC(COC2CCCC2)COC2CCCC2)n1. The van der Waals surface area contributed by atoms with Crippen LogP contribution in [0.3, 0.4) is 0 Å². The Bertz CT molecular complexity index is 705. The molecule has 27 heavy (non-hydrogen) atoms. The number of nitrogen functional groups attached to an aromatic ring is 1. The third-order valence-electron chi connectivity index (χ3n) is 5.49. The van der Waals surface area contributed by atoms with Crippen molar-refractivity contribution in [3.05, 3.63) is 12.5 Å². The number of rotatable bonds is 9. The summed E-state index contributed by atoms with van der Waals surface area (Å²) < 4.78 is 20.2. The fourth-order valence-corrected chi connectivity index (χ4v) is 3.89. The average Bonchev–Trinajstić information content (AvgIpc) is 3.43. The summed E-state index contributed by atoms with van der Waals surface area (Å²) in [6.45, 7) is 1.48. The smallest absolute Gasteiger partial charge is 0.222 e. The highest BCUT2D eigenvalue weighted by Gasteiger charge is 2.21. The zero-order chi connectivity index (χ0) is 18.5. The van der Waals surface area contributed by atoms with Crippen LogP contribution >= 0.6 is 0 Å². The Kier molecular flexibility index (Phi) is 6.16. The van der Waals surface area contributed by atoms with E-state index in [1.807, 2.05) is 4.57 Å². The Morgan fingerprint density at radius 1 is 1.00 bits per heavy atom. The first-order chi connectivity index (χ1) is 13.3. The predicted octanol–water partition coefficient (Wildman–Crippen LogP) is 2.67. The number of aromatic nitrogens is 4. The van der Waals surface area contributed by atoms with Crippen molar-refractivity contribution in [2.75, 3.05) is 18.9 Å². The summed E-state index contributed by atoms with van der Waals surface area (Å²) in [5.74, 6) is 0.224. The second-order valence-electron chi connectivity index (χ2n) is 7.55. The number of nitrogens with two attached hydrogens (primary N) is 1. The fraction of sp³-hybridized carbons (Fsp3) is 0.737. The number of nitrogens with zero attached hydrogens (tertiary/aromatic N) is 4. The molecule has 2 N–H and O–H groups in total. The molecule has 0 bridgehead atoms. The van der Waals surface area contributed by atoms with E-state index in [2.05, 4.69) is 15.0 Å². The van der Waals surface area contributed by atoms with Gasteiger partial charge in [-0.05, 0) is 25.7 Å². The molecule has 2 heterocycles. The average molecular weight is 375 g/mol. The summed E-state index contributed by atoms with van der Waals surface area (Å²) in [5.41, 5.74) is 7.00. The molecular formula is C19H29N5O3. The number of hydrogen-bond acceptors (Lipinski definition) is 7. The first kappa shape index (κ1) is 18.6. The van der Waals surface area contributed by atoms with Crippen molar-refractivity contribution in [1.82, 2.24) is 19.5 Å². The van der Waals surface area contributed by atoms with Crippen LogP contribution in [0, 0.1) is 0 Å². The molecule has 0 unspecified atom stereocenters. The third-order valence-corrected chi connectivity index (χ3v) is 5.49. The molecule has 8 nitrogen and oxygen atoms in total. The molecule has 8 heteroatoms.